The van der Waals surface area contributed by atoms with Gasteiger partial charge in [0, 0.05) is 0 Å². The standard InChI is InChI=1S/C14H15N3O4S/c15-14(18)17(21-10-11-6-2-1-3-7-11)12-8-4-5-9-13(12)22(16,19)20/h1-9H,10H2,(H2,15,18)(H2,16,19,20). The van der Waals surface area contributed by atoms with Crippen LogP contribution in [0.25, 0.3) is 0 Å². The minimum Gasteiger partial charge on any atom is -0.349 e. The number of primary amides is 1. The molecule has 0 aliphatic rings. The molecule has 0 heterocycles. The fourth-order valence-corrected chi connectivity index (χ4v) is 2.54. The summed E-state index contributed by atoms with van der Waals surface area (Å²) in [5.74, 6) is 0. The van der Waals surface area contributed by atoms with E-state index in [2.05, 4.69) is 0 Å². The number of primary sulfonamides is 1. The van der Waals surface area contributed by atoms with Gasteiger partial charge in [0.05, 0.1) is 5.69 Å². The quantitative estimate of drug-likeness (QED) is 0.808. The SMILES string of the molecule is NC(=O)N(OCc1ccccc1)c1ccccc1S(N)(=O)=O. The van der Waals surface area contributed by atoms with Gasteiger partial charge in [0.1, 0.15) is 11.5 Å². The van der Waals surface area contributed by atoms with E-state index in [0.29, 0.717) is 5.06 Å². The highest BCUT2D eigenvalue weighted by molar-refractivity contribution is 7.89. The van der Waals surface area contributed by atoms with Crippen molar-refractivity contribution in [3.63, 3.8) is 0 Å². The van der Waals surface area contributed by atoms with Crippen LogP contribution in [-0.2, 0) is 21.5 Å². The van der Waals surface area contributed by atoms with Crippen LogP contribution >= 0.6 is 0 Å². The first-order valence-electron chi connectivity index (χ1n) is 6.28. The van der Waals surface area contributed by atoms with Gasteiger partial charge in [-0.15, -0.1) is 0 Å². The van der Waals surface area contributed by atoms with E-state index >= 15 is 0 Å². The van der Waals surface area contributed by atoms with Crippen LogP contribution in [0, 0.1) is 0 Å². The number of anilines is 1. The number of amides is 2. The number of urea groups is 1. The minimum atomic E-state index is -4.02. The molecular weight excluding hydrogens is 306 g/mol. The Labute approximate surface area is 128 Å². The first-order valence-corrected chi connectivity index (χ1v) is 7.82. The van der Waals surface area contributed by atoms with Gasteiger partial charge in [-0.1, -0.05) is 42.5 Å². The maximum atomic E-state index is 11.6. The van der Waals surface area contributed by atoms with Crippen LogP contribution in [0.4, 0.5) is 10.5 Å². The molecule has 0 bridgehead atoms. The van der Waals surface area contributed by atoms with E-state index in [0.717, 1.165) is 5.56 Å². The van der Waals surface area contributed by atoms with Gasteiger partial charge in [0.15, 0.2) is 0 Å². The molecule has 4 N–H and O–H groups in total. The van der Waals surface area contributed by atoms with Crippen LogP contribution in [0.3, 0.4) is 0 Å². The Morgan fingerprint density at radius 1 is 1.05 bits per heavy atom. The highest BCUT2D eigenvalue weighted by Gasteiger charge is 2.22. The van der Waals surface area contributed by atoms with Crippen LogP contribution in [0.1, 0.15) is 5.56 Å². The Morgan fingerprint density at radius 3 is 2.23 bits per heavy atom. The van der Waals surface area contributed by atoms with E-state index in [9.17, 15) is 13.2 Å². The van der Waals surface area contributed by atoms with Gasteiger partial charge in [0.2, 0.25) is 10.0 Å². The van der Waals surface area contributed by atoms with Crippen LogP contribution in [0.5, 0.6) is 0 Å². The predicted octanol–water partition coefficient (Wildman–Crippen LogP) is 1.35. The minimum absolute atomic E-state index is 0.0339. The molecule has 0 radical (unpaired) electrons. The molecule has 7 nitrogen and oxygen atoms in total. The van der Waals surface area contributed by atoms with Crippen molar-refractivity contribution in [2.45, 2.75) is 11.5 Å². The lowest BCUT2D eigenvalue weighted by molar-refractivity contribution is 0.107. The smallest absolute Gasteiger partial charge is 0.343 e. The highest BCUT2D eigenvalue weighted by Crippen LogP contribution is 2.24. The van der Waals surface area contributed by atoms with Gasteiger partial charge in [0.25, 0.3) is 0 Å². The number of nitrogens with zero attached hydrogens (tertiary/aromatic N) is 1. The van der Waals surface area contributed by atoms with Crippen molar-refractivity contribution < 1.29 is 18.0 Å². The summed E-state index contributed by atoms with van der Waals surface area (Å²) in [6.07, 6.45) is 0. The fourth-order valence-electron chi connectivity index (χ4n) is 1.83. The Morgan fingerprint density at radius 2 is 1.64 bits per heavy atom. The van der Waals surface area contributed by atoms with Crippen LogP contribution < -0.4 is 15.9 Å². The summed E-state index contributed by atoms with van der Waals surface area (Å²) in [5, 5.41) is 5.86. The van der Waals surface area contributed by atoms with Gasteiger partial charge in [-0.3, -0.25) is 4.84 Å². The topological polar surface area (TPSA) is 116 Å². The number of sulfonamides is 1. The van der Waals surface area contributed by atoms with E-state index in [-0.39, 0.29) is 17.2 Å². The molecule has 2 amide bonds. The third-order valence-electron chi connectivity index (χ3n) is 2.79. The maximum Gasteiger partial charge on any atom is 0.343 e. The normalized spacial score (nSPS) is 11.1. The van der Waals surface area contributed by atoms with Crippen molar-refractivity contribution in [1.29, 1.82) is 0 Å². The van der Waals surface area contributed by atoms with Crippen molar-refractivity contribution in [3.8, 4) is 0 Å². The number of benzene rings is 2. The first kappa shape index (κ1) is 16.0. The molecule has 0 aliphatic carbocycles. The Balaban J connectivity index is 2.32. The van der Waals surface area contributed by atoms with Crippen LogP contribution in [-0.4, -0.2) is 14.4 Å². The monoisotopic (exact) mass is 321 g/mol. The number of carbonyl (C=O) groups is 1. The van der Waals surface area contributed by atoms with E-state index in [4.69, 9.17) is 15.7 Å². The number of hydroxylamine groups is 1. The number of nitrogens with two attached hydrogens (primary N) is 2. The molecule has 0 fully saturated rings. The summed E-state index contributed by atoms with van der Waals surface area (Å²) in [7, 11) is -4.02. The molecule has 22 heavy (non-hydrogen) atoms. The summed E-state index contributed by atoms with van der Waals surface area (Å²) >= 11 is 0. The molecule has 0 unspecified atom stereocenters. The third kappa shape index (κ3) is 3.82. The van der Waals surface area contributed by atoms with E-state index in [1.807, 2.05) is 18.2 Å². The van der Waals surface area contributed by atoms with Crippen molar-refractivity contribution in [1.82, 2.24) is 0 Å². The molecular formula is C14H15N3O4S. The summed E-state index contributed by atoms with van der Waals surface area (Å²) in [6, 6.07) is 13.8. The lowest BCUT2D eigenvalue weighted by Crippen LogP contribution is -2.37. The molecule has 2 aromatic carbocycles. The third-order valence-corrected chi connectivity index (χ3v) is 3.75. The zero-order chi connectivity index (χ0) is 16.2. The molecule has 8 heteroatoms. The zero-order valence-electron chi connectivity index (χ0n) is 11.5. The van der Waals surface area contributed by atoms with E-state index in [1.165, 1.54) is 18.2 Å². The molecule has 0 atom stereocenters. The van der Waals surface area contributed by atoms with Crippen molar-refractivity contribution in [3.05, 3.63) is 60.2 Å². The Kier molecular flexibility index (Phi) is 4.76. The number of hydrogen-bond acceptors (Lipinski definition) is 4. The van der Waals surface area contributed by atoms with Crippen molar-refractivity contribution >= 4 is 21.7 Å². The van der Waals surface area contributed by atoms with Crippen LogP contribution in [0.15, 0.2) is 59.5 Å². The summed E-state index contributed by atoms with van der Waals surface area (Å²) in [5.41, 5.74) is 6.03. The van der Waals surface area contributed by atoms with Gasteiger partial charge in [-0.2, -0.15) is 5.06 Å². The Hall–Kier alpha value is -2.42. The van der Waals surface area contributed by atoms with E-state index < -0.39 is 16.1 Å². The average Bonchev–Trinajstić information content (AvgIpc) is 2.47. The molecule has 2 rings (SSSR count). The van der Waals surface area contributed by atoms with Gasteiger partial charge in [-0.05, 0) is 17.7 Å². The zero-order valence-corrected chi connectivity index (χ0v) is 12.4. The first-order chi connectivity index (χ1) is 10.4. The number of para-hydroxylation sites is 1. The fraction of sp³-hybridized carbons (Fsp3) is 0.0714. The second-order valence-corrected chi connectivity index (χ2v) is 5.93. The van der Waals surface area contributed by atoms with E-state index in [1.54, 1.807) is 18.2 Å². The lowest BCUT2D eigenvalue weighted by atomic mass is 10.2. The molecule has 0 aromatic heterocycles. The second-order valence-electron chi connectivity index (χ2n) is 4.40. The molecule has 2 aromatic rings. The molecule has 0 saturated heterocycles. The maximum absolute atomic E-state index is 11.6. The van der Waals surface area contributed by atoms with Gasteiger partial charge < -0.3 is 5.73 Å². The molecule has 0 spiro atoms. The molecule has 116 valence electrons. The molecule has 0 saturated carbocycles. The number of rotatable bonds is 5. The summed E-state index contributed by atoms with van der Waals surface area (Å²) in [6.45, 7) is 0.0444. The van der Waals surface area contributed by atoms with Crippen molar-refractivity contribution in [2.75, 3.05) is 5.06 Å². The lowest BCUT2D eigenvalue weighted by Gasteiger charge is -2.21. The summed E-state index contributed by atoms with van der Waals surface area (Å²) < 4.78 is 23.2. The van der Waals surface area contributed by atoms with Gasteiger partial charge in [-0.25, -0.2) is 18.4 Å². The second kappa shape index (κ2) is 6.56. The predicted molar refractivity (Wildman–Crippen MR) is 81.1 cm³/mol. The van der Waals surface area contributed by atoms with Gasteiger partial charge >= 0.3 is 6.03 Å². The van der Waals surface area contributed by atoms with Crippen molar-refractivity contribution in [2.24, 2.45) is 10.9 Å². The highest BCUT2D eigenvalue weighted by atomic mass is 32.2. The summed E-state index contributed by atoms with van der Waals surface area (Å²) in [4.78, 5) is 16.7. The number of carbonyl (C=O) groups excluding carboxylic acids is 1. The van der Waals surface area contributed by atoms with Crippen LogP contribution in [0.2, 0.25) is 0 Å². The largest absolute Gasteiger partial charge is 0.349 e. The average molecular weight is 321 g/mol. The number of hydrogen-bond donors (Lipinski definition) is 2. The Bertz CT molecular complexity index is 763. The molecule has 0 aliphatic heterocycles.